The second-order valence-corrected chi connectivity index (χ2v) is 4.97. The summed E-state index contributed by atoms with van der Waals surface area (Å²) in [6, 6.07) is 0. The molecule has 0 rings (SSSR count). The molecule has 74 valence electrons. The van der Waals surface area contributed by atoms with Crippen molar-refractivity contribution in [3.63, 3.8) is 0 Å². The van der Waals surface area contributed by atoms with Crippen LogP contribution < -0.4 is 4.72 Å². The van der Waals surface area contributed by atoms with Crippen molar-refractivity contribution in [1.29, 1.82) is 0 Å². The van der Waals surface area contributed by atoms with E-state index in [9.17, 15) is 8.42 Å². The molecule has 1 N–H and O–H groups in total. The molecule has 0 aliphatic carbocycles. The van der Waals surface area contributed by atoms with Crippen LogP contribution in [-0.4, -0.2) is 39.8 Å². The highest BCUT2D eigenvalue weighted by atomic mass is 79.9. The molecule has 0 atom stereocenters. The van der Waals surface area contributed by atoms with E-state index in [4.69, 9.17) is 0 Å². The van der Waals surface area contributed by atoms with Gasteiger partial charge in [0.1, 0.15) is 0 Å². The molecular weight excluding hydrogens is 246 g/mol. The van der Waals surface area contributed by atoms with Crippen LogP contribution in [0.5, 0.6) is 0 Å². The lowest BCUT2D eigenvalue weighted by Gasteiger charge is -2.04. The van der Waals surface area contributed by atoms with Gasteiger partial charge in [-0.15, -0.1) is 0 Å². The Morgan fingerprint density at radius 1 is 1.50 bits per heavy atom. The SMILES string of the molecule is COCCS(=O)(=O)NCCCBr. The zero-order valence-electron chi connectivity index (χ0n) is 7.05. The average Bonchev–Trinajstić information content (AvgIpc) is 2.01. The van der Waals surface area contributed by atoms with Gasteiger partial charge in [-0.1, -0.05) is 15.9 Å². The summed E-state index contributed by atoms with van der Waals surface area (Å²) in [5.41, 5.74) is 0. The van der Waals surface area contributed by atoms with Crippen molar-refractivity contribution in [2.45, 2.75) is 6.42 Å². The van der Waals surface area contributed by atoms with Crippen LogP contribution in [0.25, 0.3) is 0 Å². The molecule has 0 heterocycles. The van der Waals surface area contributed by atoms with E-state index >= 15 is 0 Å². The molecule has 0 unspecified atom stereocenters. The van der Waals surface area contributed by atoms with Crippen molar-refractivity contribution in [3.8, 4) is 0 Å². The fourth-order valence-electron chi connectivity index (χ4n) is 0.560. The highest BCUT2D eigenvalue weighted by Crippen LogP contribution is 1.88. The zero-order valence-corrected chi connectivity index (χ0v) is 9.45. The minimum atomic E-state index is -3.11. The Morgan fingerprint density at radius 2 is 2.17 bits per heavy atom. The van der Waals surface area contributed by atoms with E-state index in [1.54, 1.807) is 0 Å². The molecule has 0 aliphatic rings. The number of halogens is 1. The number of nitrogens with one attached hydrogen (secondary N) is 1. The fourth-order valence-corrected chi connectivity index (χ4v) is 1.83. The predicted molar refractivity (Wildman–Crippen MR) is 52.1 cm³/mol. The lowest BCUT2D eigenvalue weighted by molar-refractivity contribution is 0.217. The molecular formula is C6H14BrNO3S. The standard InChI is InChI=1S/C6H14BrNO3S/c1-11-5-6-12(9,10)8-4-2-3-7/h8H,2-6H2,1H3. The molecule has 0 bridgehead atoms. The van der Waals surface area contributed by atoms with Gasteiger partial charge in [0, 0.05) is 19.0 Å². The Hall–Kier alpha value is 0.350. The molecule has 0 saturated heterocycles. The summed E-state index contributed by atoms with van der Waals surface area (Å²) in [7, 11) is -1.63. The summed E-state index contributed by atoms with van der Waals surface area (Å²) in [6.07, 6.45) is 0.798. The Labute approximate surface area is 81.9 Å². The first-order valence-electron chi connectivity index (χ1n) is 3.64. The lowest BCUT2D eigenvalue weighted by Crippen LogP contribution is -2.29. The van der Waals surface area contributed by atoms with E-state index in [-0.39, 0.29) is 12.4 Å². The van der Waals surface area contributed by atoms with Crippen molar-refractivity contribution in [2.24, 2.45) is 0 Å². The Kier molecular flexibility index (Phi) is 7.02. The maximum atomic E-state index is 11.1. The Morgan fingerprint density at radius 3 is 2.67 bits per heavy atom. The molecule has 0 amide bonds. The summed E-state index contributed by atoms with van der Waals surface area (Å²) >= 11 is 3.21. The Balaban J connectivity index is 3.58. The van der Waals surface area contributed by atoms with Crippen LogP contribution in [0, 0.1) is 0 Å². The molecule has 0 aromatic rings. The van der Waals surface area contributed by atoms with Gasteiger partial charge in [0.05, 0.1) is 12.4 Å². The van der Waals surface area contributed by atoms with Gasteiger partial charge in [0.2, 0.25) is 10.0 Å². The molecule has 0 fully saturated rings. The third-order valence-corrected chi connectivity index (χ3v) is 3.10. The van der Waals surface area contributed by atoms with E-state index in [1.807, 2.05) is 0 Å². The summed E-state index contributed by atoms with van der Waals surface area (Å²) in [5.74, 6) is 0.0335. The third kappa shape index (κ3) is 7.02. The lowest BCUT2D eigenvalue weighted by atomic mass is 10.5. The Bertz CT molecular complexity index is 193. The van der Waals surface area contributed by atoms with E-state index in [0.29, 0.717) is 6.54 Å². The summed E-state index contributed by atoms with van der Waals surface area (Å²) in [5, 5.41) is 0.805. The number of methoxy groups -OCH3 is 1. The first-order chi connectivity index (χ1) is 5.62. The minimum absolute atomic E-state index is 0.0335. The molecule has 0 aromatic heterocycles. The maximum Gasteiger partial charge on any atom is 0.213 e. The van der Waals surface area contributed by atoms with Crippen molar-refractivity contribution >= 4 is 26.0 Å². The van der Waals surface area contributed by atoms with Gasteiger partial charge in [-0.05, 0) is 6.42 Å². The van der Waals surface area contributed by atoms with E-state index in [2.05, 4.69) is 25.4 Å². The van der Waals surface area contributed by atoms with E-state index in [0.717, 1.165) is 11.8 Å². The third-order valence-electron chi connectivity index (χ3n) is 1.19. The monoisotopic (exact) mass is 259 g/mol. The average molecular weight is 260 g/mol. The van der Waals surface area contributed by atoms with Gasteiger partial charge in [0.25, 0.3) is 0 Å². The second-order valence-electron chi connectivity index (χ2n) is 2.25. The summed E-state index contributed by atoms with van der Waals surface area (Å²) in [4.78, 5) is 0. The largest absolute Gasteiger partial charge is 0.384 e. The van der Waals surface area contributed by atoms with E-state index < -0.39 is 10.0 Å². The topological polar surface area (TPSA) is 55.4 Å². The normalized spacial score (nSPS) is 11.8. The highest BCUT2D eigenvalue weighted by Gasteiger charge is 2.07. The highest BCUT2D eigenvalue weighted by molar-refractivity contribution is 9.09. The maximum absolute atomic E-state index is 11.1. The molecule has 0 spiro atoms. The summed E-state index contributed by atoms with van der Waals surface area (Å²) in [6.45, 7) is 0.723. The van der Waals surface area contributed by atoms with Crippen molar-refractivity contribution < 1.29 is 13.2 Å². The van der Waals surface area contributed by atoms with Gasteiger partial charge in [-0.2, -0.15) is 0 Å². The van der Waals surface area contributed by atoms with Crippen molar-refractivity contribution in [2.75, 3.05) is 31.3 Å². The fraction of sp³-hybridized carbons (Fsp3) is 1.00. The van der Waals surface area contributed by atoms with Crippen LogP contribution in [0.4, 0.5) is 0 Å². The first-order valence-corrected chi connectivity index (χ1v) is 6.42. The number of ether oxygens (including phenoxy) is 1. The van der Waals surface area contributed by atoms with Crippen LogP contribution in [0.15, 0.2) is 0 Å². The van der Waals surface area contributed by atoms with Gasteiger partial charge >= 0.3 is 0 Å². The van der Waals surface area contributed by atoms with Crippen LogP contribution >= 0.6 is 15.9 Å². The van der Waals surface area contributed by atoms with Crippen LogP contribution in [-0.2, 0) is 14.8 Å². The smallest absolute Gasteiger partial charge is 0.213 e. The zero-order chi connectivity index (χ0) is 9.45. The van der Waals surface area contributed by atoms with E-state index in [1.165, 1.54) is 7.11 Å². The molecule has 0 radical (unpaired) electrons. The number of hydrogen-bond donors (Lipinski definition) is 1. The van der Waals surface area contributed by atoms with Crippen LogP contribution in [0.1, 0.15) is 6.42 Å². The van der Waals surface area contributed by atoms with Gasteiger partial charge < -0.3 is 4.74 Å². The number of rotatable bonds is 7. The second kappa shape index (κ2) is 6.82. The predicted octanol–water partition coefficient (Wildman–Crippen LogP) is 0.337. The molecule has 0 aliphatic heterocycles. The summed E-state index contributed by atoms with van der Waals surface area (Å²) < 4.78 is 29.2. The molecule has 6 heteroatoms. The first kappa shape index (κ1) is 12.3. The van der Waals surface area contributed by atoms with Crippen molar-refractivity contribution in [1.82, 2.24) is 4.72 Å². The van der Waals surface area contributed by atoms with Crippen molar-refractivity contribution in [3.05, 3.63) is 0 Å². The van der Waals surface area contributed by atoms with Gasteiger partial charge in [-0.25, -0.2) is 13.1 Å². The number of sulfonamides is 1. The quantitative estimate of drug-likeness (QED) is 0.530. The molecule has 0 saturated carbocycles. The van der Waals surface area contributed by atoms with Crippen LogP contribution in [0.2, 0.25) is 0 Å². The minimum Gasteiger partial charge on any atom is -0.384 e. The van der Waals surface area contributed by atoms with Gasteiger partial charge in [0.15, 0.2) is 0 Å². The molecule has 12 heavy (non-hydrogen) atoms. The van der Waals surface area contributed by atoms with Gasteiger partial charge in [-0.3, -0.25) is 0 Å². The molecule has 4 nitrogen and oxygen atoms in total. The van der Waals surface area contributed by atoms with Crippen LogP contribution in [0.3, 0.4) is 0 Å². The number of alkyl halides is 1. The number of hydrogen-bond acceptors (Lipinski definition) is 3. The molecule has 0 aromatic carbocycles.